The predicted octanol–water partition coefficient (Wildman–Crippen LogP) is 2.25. The third-order valence-corrected chi connectivity index (χ3v) is 4.02. The van der Waals surface area contributed by atoms with Crippen molar-refractivity contribution >= 4 is 45.0 Å². The monoisotopic (exact) mass is 342 g/mol. The molecule has 0 aromatic carbocycles. The summed E-state index contributed by atoms with van der Waals surface area (Å²) in [6.45, 7) is 4.08. The van der Waals surface area contributed by atoms with Crippen molar-refractivity contribution < 1.29 is 0 Å². The number of nitrogens with zero attached hydrogens (tertiary/aromatic N) is 2. The molecule has 0 saturated carbocycles. The number of halogens is 1. The lowest BCUT2D eigenvalue weighted by atomic mass is 10.2. The number of hydrogen-bond donors (Lipinski definition) is 0. The molecule has 1 aromatic rings. The average Bonchev–Trinajstić information content (AvgIpc) is 2.41. The van der Waals surface area contributed by atoms with E-state index in [0.717, 1.165) is 28.5 Å². The number of rotatable bonds is 3. The molecule has 0 bridgehead atoms. The molecule has 0 fully saturated rings. The molecular weight excluding hydrogens is 324 g/mol. The highest BCUT2D eigenvalue weighted by molar-refractivity contribution is 9.10. The number of pyridine rings is 1. The van der Waals surface area contributed by atoms with Gasteiger partial charge in [0.15, 0.2) is 0 Å². The zero-order valence-electron chi connectivity index (χ0n) is 11.7. The van der Waals surface area contributed by atoms with Gasteiger partial charge in [-0.2, -0.15) is 0 Å². The highest BCUT2D eigenvalue weighted by Gasteiger charge is 2.00. The van der Waals surface area contributed by atoms with E-state index in [2.05, 4.69) is 33.9 Å². The van der Waals surface area contributed by atoms with Crippen molar-refractivity contribution in [2.75, 3.05) is 6.26 Å². The molecule has 1 aromatic heterocycles. The summed E-state index contributed by atoms with van der Waals surface area (Å²) >= 11 is 4.91. The molecule has 0 unspecified atom stereocenters. The van der Waals surface area contributed by atoms with E-state index in [9.17, 15) is 4.79 Å². The minimum absolute atomic E-state index is 0.0231. The SMILES string of the molecule is CCC/C=c1/c(=C\N=C(/C)SC)cc(Br)c(=O)n1C. The van der Waals surface area contributed by atoms with Gasteiger partial charge in [-0.3, -0.25) is 9.79 Å². The second kappa shape index (κ2) is 7.70. The topological polar surface area (TPSA) is 34.4 Å². The number of unbranched alkanes of at least 4 members (excludes halogenated alkanes) is 1. The Kier molecular flexibility index (Phi) is 6.58. The van der Waals surface area contributed by atoms with Gasteiger partial charge in [-0.1, -0.05) is 19.4 Å². The normalized spacial score (nSPS) is 14.3. The number of aromatic nitrogens is 1. The minimum atomic E-state index is -0.0231. The lowest BCUT2D eigenvalue weighted by Crippen LogP contribution is -2.41. The fourth-order valence-electron chi connectivity index (χ4n) is 1.59. The Labute approximate surface area is 126 Å². The van der Waals surface area contributed by atoms with Crippen LogP contribution >= 0.6 is 27.7 Å². The molecule has 0 aliphatic rings. The minimum Gasteiger partial charge on any atom is -0.311 e. The Hall–Kier alpha value is -0.810. The van der Waals surface area contributed by atoms with E-state index in [1.54, 1.807) is 23.4 Å². The van der Waals surface area contributed by atoms with Gasteiger partial charge in [-0.15, -0.1) is 11.8 Å². The molecule has 0 amide bonds. The van der Waals surface area contributed by atoms with Gasteiger partial charge in [0.25, 0.3) is 5.56 Å². The smallest absolute Gasteiger partial charge is 0.265 e. The highest BCUT2D eigenvalue weighted by atomic mass is 79.9. The number of hydrogen-bond acceptors (Lipinski definition) is 3. The van der Waals surface area contributed by atoms with E-state index in [0.29, 0.717) is 4.47 Å². The fraction of sp³-hybridized carbons (Fsp3) is 0.429. The summed E-state index contributed by atoms with van der Waals surface area (Å²) in [5, 5.41) is 2.87. The Morgan fingerprint density at radius 1 is 1.58 bits per heavy atom. The first-order chi connectivity index (χ1) is 9.01. The van der Waals surface area contributed by atoms with Crippen LogP contribution in [0.25, 0.3) is 12.3 Å². The molecule has 0 spiro atoms. The van der Waals surface area contributed by atoms with E-state index in [-0.39, 0.29) is 5.56 Å². The van der Waals surface area contributed by atoms with Gasteiger partial charge in [-0.05, 0) is 41.6 Å². The zero-order chi connectivity index (χ0) is 14.4. The molecule has 19 heavy (non-hydrogen) atoms. The predicted molar refractivity (Wildman–Crippen MR) is 89.1 cm³/mol. The number of thioether (sulfide) groups is 1. The van der Waals surface area contributed by atoms with Crippen molar-refractivity contribution in [3.8, 4) is 0 Å². The fourth-order valence-corrected chi connectivity index (χ4v) is 2.26. The van der Waals surface area contributed by atoms with Gasteiger partial charge in [0.05, 0.1) is 9.52 Å². The maximum atomic E-state index is 11.9. The van der Waals surface area contributed by atoms with Crippen LogP contribution in [-0.4, -0.2) is 15.9 Å². The van der Waals surface area contributed by atoms with Crippen molar-refractivity contribution in [1.82, 2.24) is 4.57 Å². The van der Waals surface area contributed by atoms with Gasteiger partial charge in [-0.25, -0.2) is 0 Å². The van der Waals surface area contributed by atoms with E-state index >= 15 is 0 Å². The van der Waals surface area contributed by atoms with E-state index in [4.69, 9.17) is 0 Å². The molecule has 5 heteroatoms. The molecule has 0 atom stereocenters. The summed E-state index contributed by atoms with van der Waals surface area (Å²) in [6.07, 6.45) is 7.90. The van der Waals surface area contributed by atoms with Gasteiger partial charge in [0.2, 0.25) is 0 Å². The van der Waals surface area contributed by atoms with Crippen LogP contribution in [0, 0.1) is 0 Å². The summed E-state index contributed by atoms with van der Waals surface area (Å²) in [7, 11) is 1.79. The largest absolute Gasteiger partial charge is 0.311 e. The van der Waals surface area contributed by atoms with E-state index in [1.807, 2.05) is 25.4 Å². The summed E-state index contributed by atoms with van der Waals surface area (Å²) < 4.78 is 2.22. The third kappa shape index (κ3) is 4.35. The lowest BCUT2D eigenvalue weighted by Gasteiger charge is -2.02. The maximum absolute atomic E-state index is 11.9. The summed E-state index contributed by atoms with van der Waals surface area (Å²) in [5.74, 6) is 0. The first-order valence-electron chi connectivity index (χ1n) is 6.15. The van der Waals surface area contributed by atoms with Crippen LogP contribution in [0.15, 0.2) is 20.3 Å². The van der Waals surface area contributed by atoms with Crippen molar-refractivity contribution in [3.63, 3.8) is 0 Å². The van der Waals surface area contributed by atoms with Crippen LogP contribution in [0.3, 0.4) is 0 Å². The Morgan fingerprint density at radius 3 is 2.84 bits per heavy atom. The molecule has 1 heterocycles. The molecular formula is C14H19BrN2OS. The van der Waals surface area contributed by atoms with Crippen LogP contribution in [-0.2, 0) is 7.05 Å². The van der Waals surface area contributed by atoms with Gasteiger partial charge < -0.3 is 4.57 Å². The average molecular weight is 343 g/mol. The zero-order valence-corrected chi connectivity index (χ0v) is 14.1. The van der Waals surface area contributed by atoms with Crippen LogP contribution < -0.4 is 16.1 Å². The summed E-state index contributed by atoms with van der Waals surface area (Å²) in [5.41, 5.74) is -0.0231. The van der Waals surface area contributed by atoms with Gasteiger partial charge in [0, 0.05) is 23.8 Å². The Morgan fingerprint density at radius 2 is 2.26 bits per heavy atom. The molecule has 0 aliphatic heterocycles. The molecule has 3 nitrogen and oxygen atoms in total. The Balaban J connectivity index is 3.59. The van der Waals surface area contributed by atoms with E-state index in [1.165, 1.54) is 0 Å². The Bertz CT molecular complexity index is 647. The van der Waals surface area contributed by atoms with Gasteiger partial charge in [0.1, 0.15) is 0 Å². The van der Waals surface area contributed by atoms with Gasteiger partial charge >= 0.3 is 0 Å². The van der Waals surface area contributed by atoms with Crippen molar-refractivity contribution in [3.05, 3.63) is 31.5 Å². The van der Waals surface area contributed by atoms with Crippen LogP contribution in [0.5, 0.6) is 0 Å². The van der Waals surface area contributed by atoms with Crippen LogP contribution in [0.2, 0.25) is 0 Å². The summed E-state index contributed by atoms with van der Waals surface area (Å²) in [4.78, 5) is 16.3. The number of aliphatic imine (C=N–C) groups is 1. The van der Waals surface area contributed by atoms with Crippen molar-refractivity contribution in [2.24, 2.45) is 12.0 Å². The van der Waals surface area contributed by atoms with Crippen molar-refractivity contribution in [2.45, 2.75) is 26.7 Å². The first-order valence-corrected chi connectivity index (χ1v) is 8.17. The second-order valence-electron chi connectivity index (χ2n) is 4.17. The third-order valence-electron chi connectivity index (χ3n) is 2.76. The molecule has 0 aliphatic carbocycles. The summed E-state index contributed by atoms with van der Waals surface area (Å²) in [6, 6.07) is 1.83. The van der Waals surface area contributed by atoms with Crippen molar-refractivity contribution in [1.29, 1.82) is 0 Å². The molecule has 0 radical (unpaired) electrons. The lowest BCUT2D eigenvalue weighted by molar-refractivity contribution is 0.804. The molecule has 0 saturated heterocycles. The molecule has 104 valence electrons. The highest BCUT2D eigenvalue weighted by Crippen LogP contribution is 1.98. The van der Waals surface area contributed by atoms with Crippen LogP contribution in [0.4, 0.5) is 0 Å². The quantitative estimate of drug-likeness (QED) is 0.623. The second-order valence-corrected chi connectivity index (χ2v) is 6.02. The standard InChI is InChI=1S/C14H19BrN2OS/c1-5-6-7-13-11(9-16-10(2)19-4)8-12(15)14(18)17(13)3/h7-9H,5-6H2,1-4H3/b11-9-,13-7-,16-10+. The first kappa shape index (κ1) is 16.2. The van der Waals surface area contributed by atoms with Crippen LogP contribution in [0.1, 0.15) is 26.7 Å². The molecule has 1 rings (SSSR count). The van der Waals surface area contributed by atoms with E-state index < -0.39 is 0 Å². The molecule has 0 N–H and O–H groups in total. The maximum Gasteiger partial charge on any atom is 0.265 e.